The molecule has 7 nitrogen and oxygen atoms in total. The highest BCUT2D eigenvalue weighted by Crippen LogP contribution is 2.32. The lowest BCUT2D eigenvalue weighted by Gasteiger charge is -2.32. The molecule has 9 heteroatoms. The van der Waals surface area contributed by atoms with Crippen LogP contribution in [0.25, 0.3) is 11.2 Å². The summed E-state index contributed by atoms with van der Waals surface area (Å²) in [6, 6.07) is 14.1. The number of para-hydroxylation sites is 1. The van der Waals surface area contributed by atoms with Gasteiger partial charge in [0.1, 0.15) is 5.82 Å². The molecule has 0 bridgehead atoms. The van der Waals surface area contributed by atoms with Crippen LogP contribution in [0.1, 0.15) is 12.5 Å². The normalized spacial score (nSPS) is 15.9. The lowest BCUT2D eigenvalue weighted by atomic mass is 10.1. The van der Waals surface area contributed by atoms with Crippen molar-refractivity contribution in [3.63, 3.8) is 0 Å². The molecular formula is C23H21ClFN5O2. The van der Waals surface area contributed by atoms with Gasteiger partial charge < -0.3 is 9.47 Å². The van der Waals surface area contributed by atoms with Gasteiger partial charge in [0.2, 0.25) is 5.95 Å². The van der Waals surface area contributed by atoms with Crippen LogP contribution >= 0.6 is 11.6 Å². The first-order valence-corrected chi connectivity index (χ1v) is 10.7. The van der Waals surface area contributed by atoms with Crippen LogP contribution in [0.15, 0.2) is 58.1 Å². The van der Waals surface area contributed by atoms with Crippen LogP contribution in [0.3, 0.4) is 0 Å². The van der Waals surface area contributed by atoms with E-state index in [0.29, 0.717) is 23.7 Å². The summed E-state index contributed by atoms with van der Waals surface area (Å²) < 4.78 is 18.6. The summed E-state index contributed by atoms with van der Waals surface area (Å²) >= 11 is 6.15. The molecule has 5 rings (SSSR count). The van der Waals surface area contributed by atoms with E-state index in [-0.39, 0.29) is 23.0 Å². The standard InChI is InChI=1S/C23H21ClFN5O2/c1-14-11-28(15-7-4-3-5-8-15)22-26-20-19(29(22)12-14)21(31)30(23(32)27(20)2)13-16-17(24)9-6-10-18(16)25/h3-10,14H,11-13H2,1-2H3/t14-/m1/s1. The lowest BCUT2D eigenvalue weighted by molar-refractivity contribution is 0.458. The Morgan fingerprint density at radius 1 is 1.09 bits per heavy atom. The highest BCUT2D eigenvalue weighted by atomic mass is 35.5. The van der Waals surface area contributed by atoms with Crippen molar-refractivity contribution in [2.75, 3.05) is 11.4 Å². The molecule has 0 unspecified atom stereocenters. The van der Waals surface area contributed by atoms with Crippen molar-refractivity contribution < 1.29 is 4.39 Å². The molecule has 0 spiro atoms. The van der Waals surface area contributed by atoms with Crippen LogP contribution in [0, 0.1) is 11.7 Å². The summed E-state index contributed by atoms with van der Waals surface area (Å²) in [6.45, 7) is 3.17. The number of aryl methyl sites for hydroxylation is 1. The number of hydrogen-bond acceptors (Lipinski definition) is 4. The predicted molar refractivity (Wildman–Crippen MR) is 122 cm³/mol. The molecule has 4 aromatic rings. The second-order valence-electron chi connectivity index (χ2n) is 8.18. The quantitative estimate of drug-likeness (QED) is 0.476. The first-order valence-electron chi connectivity index (χ1n) is 10.3. The lowest BCUT2D eigenvalue weighted by Crippen LogP contribution is -2.40. The topological polar surface area (TPSA) is 65.1 Å². The minimum absolute atomic E-state index is 0.102. The Kier molecular flexibility index (Phi) is 4.89. The molecule has 3 heterocycles. The van der Waals surface area contributed by atoms with E-state index in [1.807, 2.05) is 34.9 Å². The molecule has 0 aliphatic carbocycles. The molecule has 2 aromatic carbocycles. The molecule has 2 aromatic heterocycles. The molecule has 0 amide bonds. The first kappa shape index (κ1) is 20.5. The first-order chi connectivity index (χ1) is 15.4. The summed E-state index contributed by atoms with van der Waals surface area (Å²) in [5, 5.41) is 0.165. The molecule has 1 aliphatic rings. The average Bonchev–Trinajstić information content (AvgIpc) is 3.16. The SMILES string of the molecule is C[C@@H]1CN(c2ccccc2)c2nc3c(c(=O)n(Cc4c(F)cccc4Cl)c(=O)n3C)n2C1. The molecule has 1 aliphatic heterocycles. The van der Waals surface area contributed by atoms with Crippen LogP contribution in [0.4, 0.5) is 16.0 Å². The van der Waals surface area contributed by atoms with E-state index >= 15 is 0 Å². The fourth-order valence-corrected chi connectivity index (χ4v) is 4.53. The smallest absolute Gasteiger partial charge is 0.312 e. The zero-order chi connectivity index (χ0) is 22.6. The number of anilines is 2. The van der Waals surface area contributed by atoms with Gasteiger partial charge >= 0.3 is 5.69 Å². The van der Waals surface area contributed by atoms with Crippen LogP contribution < -0.4 is 16.1 Å². The molecule has 32 heavy (non-hydrogen) atoms. The minimum atomic E-state index is -0.573. The predicted octanol–water partition coefficient (Wildman–Crippen LogP) is 3.53. The third-order valence-corrected chi connectivity index (χ3v) is 6.24. The molecule has 164 valence electrons. The van der Waals surface area contributed by atoms with Crippen LogP contribution in [0.5, 0.6) is 0 Å². The van der Waals surface area contributed by atoms with Gasteiger partial charge in [0.25, 0.3) is 5.56 Å². The zero-order valence-electron chi connectivity index (χ0n) is 17.6. The fraction of sp³-hybridized carbons (Fsp3) is 0.261. The van der Waals surface area contributed by atoms with Crippen molar-refractivity contribution in [3.05, 3.63) is 85.8 Å². The van der Waals surface area contributed by atoms with Crippen molar-refractivity contribution in [3.8, 4) is 0 Å². The van der Waals surface area contributed by atoms with Crippen LogP contribution in [-0.2, 0) is 20.1 Å². The van der Waals surface area contributed by atoms with E-state index in [0.717, 1.165) is 16.8 Å². The van der Waals surface area contributed by atoms with Gasteiger partial charge in [-0.1, -0.05) is 42.8 Å². The Morgan fingerprint density at radius 2 is 1.84 bits per heavy atom. The van der Waals surface area contributed by atoms with Crippen molar-refractivity contribution in [1.29, 1.82) is 0 Å². The number of imidazole rings is 1. The Labute approximate surface area is 187 Å². The zero-order valence-corrected chi connectivity index (χ0v) is 18.4. The van der Waals surface area contributed by atoms with E-state index in [9.17, 15) is 14.0 Å². The Bertz CT molecular complexity index is 1440. The summed E-state index contributed by atoms with van der Waals surface area (Å²) in [7, 11) is 1.57. The number of halogens is 2. The number of nitrogens with zero attached hydrogens (tertiary/aromatic N) is 5. The molecular weight excluding hydrogens is 433 g/mol. The average molecular weight is 454 g/mol. The molecule has 0 radical (unpaired) electrons. The third-order valence-electron chi connectivity index (χ3n) is 5.89. The molecule has 0 N–H and O–H groups in total. The summed E-state index contributed by atoms with van der Waals surface area (Å²) in [4.78, 5) is 33.3. The third kappa shape index (κ3) is 3.14. The van der Waals surface area contributed by atoms with Gasteiger partial charge in [-0.3, -0.25) is 13.9 Å². The van der Waals surface area contributed by atoms with Gasteiger partial charge in [-0.05, 0) is 30.2 Å². The van der Waals surface area contributed by atoms with Gasteiger partial charge in [0, 0.05) is 36.4 Å². The highest BCUT2D eigenvalue weighted by molar-refractivity contribution is 6.31. The van der Waals surface area contributed by atoms with Crippen molar-refractivity contribution in [2.24, 2.45) is 13.0 Å². The van der Waals surface area contributed by atoms with Crippen molar-refractivity contribution in [1.82, 2.24) is 18.7 Å². The van der Waals surface area contributed by atoms with E-state index in [4.69, 9.17) is 11.6 Å². The number of aromatic nitrogens is 4. The van der Waals surface area contributed by atoms with Crippen molar-refractivity contribution >= 4 is 34.4 Å². The maximum absolute atomic E-state index is 14.4. The fourth-order valence-electron chi connectivity index (χ4n) is 4.31. The second kappa shape index (κ2) is 7.63. The minimum Gasteiger partial charge on any atom is -0.312 e. The number of fused-ring (bicyclic) bond motifs is 3. The summed E-state index contributed by atoms with van der Waals surface area (Å²) in [6.07, 6.45) is 0. The number of rotatable bonds is 3. The highest BCUT2D eigenvalue weighted by Gasteiger charge is 2.30. The number of benzene rings is 2. The Hall–Kier alpha value is -3.39. The maximum Gasteiger partial charge on any atom is 0.332 e. The number of hydrogen-bond donors (Lipinski definition) is 0. The molecule has 0 fully saturated rings. The van der Waals surface area contributed by atoms with E-state index < -0.39 is 17.1 Å². The largest absolute Gasteiger partial charge is 0.332 e. The Morgan fingerprint density at radius 3 is 2.56 bits per heavy atom. The maximum atomic E-state index is 14.4. The molecule has 1 atom stereocenters. The molecule has 0 saturated carbocycles. The second-order valence-corrected chi connectivity index (χ2v) is 8.59. The summed E-state index contributed by atoms with van der Waals surface area (Å²) in [5.41, 5.74) is 0.604. The molecule has 0 saturated heterocycles. The monoisotopic (exact) mass is 453 g/mol. The summed E-state index contributed by atoms with van der Waals surface area (Å²) in [5.74, 6) is 0.287. The van der Waals surface area contributed by atoms with Crippen LogP contribution in [0.2, 0.25) is 5.02 Å². The Balaban J connectivity index is 1.75. The van der Waals surface area contributed by atoms with Gasteiger partial charge in [-0.15, -0.1) is 0 Å². The van der Waals surface area contributed by atoms with Gasteiger partial charge in [-0.2, -0.15) is 4.98 Å². The van der Waals surface area contributed by atoms with E-state index in [2.05, 4.69) is 16.8 Å². The van der Waals surface area contributed by atoms with E-state index in [1.54, 1.807) is 7.05 Å². The van der Waals surface area contributed by atoms with Gasteiger partial charge in [0.15, 0.2) is 11.2 Å². The van der Waals surface area contributed by atoms with E-state index in [1.165, 1.54) is 22.8 Å². The van der Waals surface area contributed by atoms with Gasteiger partial charge in [-0.25, -0.2) is 9.18 Å². The van der Waals surface area contributed by atoms with Gasteiger partial charge in [0.05, 0.1) is 6.54 Å². The van der Waals surface area contributed by atoms with Crippen LogP contribution in [-0.4, -0.2) is 25.2 Å². The van der Waals surface area contributed by atoms with Crippen molar-refractivity contribution in [2.45, 2.75) is 20.0 Å².